The molecule has 0 atom stereocenters. The van der Waals surface area contributed by atoms with E-state index in [2.05, 4.69) is 0 Å². The predicted octanol–water partition coefficient (Wildman–Crippen LogP) is 3.51. The summed E-state index contributed by atoms with van der Waals surface area (Å²) in [4.78, 5) is 13.9. The first kappa shape index (κ1) is 14.7. The van der Waals surface area contributed by atoms with E-state index in [4.69, 9.17) is 4.74 Å². The number of carbonyl (C=O) groups is 1. The van der Waals surface area contributed by atoms with Gasteiger partial charge < -0.3 is 4.74 Å². The standard InChI is InChI=1S/C15H23NO2/c1-5-8-15(17)16(11-18-12(2)3)14-10-7-6-9-13(14)4/h6-7,9-10,12H,5,8,11H2,1-4H3. The van der Waals surface area contributed by atoms with Crippen LogP contribution in [0.5, 0.6) is 0 Å². The number of carbonyl (C=O) groups excluding carboxylic acids is 1. The lowest BCUT2D eigenvalue weighted by Gasteiger charge is -2.25. The molecule has 18 heavy (non-hydrogen) atoms. The third-order valence-corrected chi connectivity index (χ3v) is 2.71. The molecule has 0 aliphatic heterocycles. The van der Waals surface area contributed by atoms with Gasteiger partial charge in [0.25, 0.3) is 0 Å². The van der Waals surface area contributed by atoms with Crippen LogP contribution in [-0.2, 0) is 9.53 Å². The molecule has 3 heteroatoms. The number of para-hydroxylation sites is 1. The summed E-state index contributed by atoms with van der Waals surface area (Å²) in [7, 11) is 0. The zero-order valence-electron chi connectivity index (χ0n) is 11.8. The summed E-state index contributed by atoms with van der Waals surface area (Å²) in [6, 6.07) is 7.90. The van der Waals surface area contributed by atoms with Crippen LogP contribution in [0.15, 0.2) is 24.3 Å². The monoisotopic (exact) mass is 249 g/mol. The van der Waals surface area contributed by atoms with Crippen LogP contribution in [0.3, 0.4) is 0 Å². The summed E-state index contributed by atoms with van der Waals surface area (Å²) < 4.78 is 5.59. The van der Waals surface area contributed by atoms with Gasteiger partial charge in [0.15, 0.2) is 0 Å². The number of hydrogen-bond donors (Lipinski definition) is 0. The second-order valence-corrected chi connectivity index (χ2v) is 4.70. The van der Waals surface area contributed by atoms with Gasteiger partial charge in [0, 0.05) is 12.1 Å². The number of hydrogen-bond acceptors (Lipinski definition) is 2. The molecule has 0 heterocycles. The fourth-order valence-electron chi connectivity index (χ4n) is 1.71. The molecule has 1 aromatic carbocycles. The third-order valence-electron chi connectivity index (χ3n) is 2.71. The Labute approximate surface area is 110 Å². The van der Waals surface area contributed by atoms with Gasteiger partial charge in [-0.1, -0.05) is 25.1 Å². The van der Waals surface area contributed by atoms with Crippen molar-refractivity contribution in [2.24, 2.45) is 0 Å². The molecule has 0 saturated carbocycles. The van der Waals surface area contributed by atoms with Crippen LogP contribution in [0.2, 0.25) is 0 Å². The topological polar surface area (TPSA) is 29.5 Å². The maximum atomic E-state index is 12.2. The van der Waals surface area contributed by atoms with Crippen molar-refractivity contribution in [2.75, 3.05) is 11.6 Å². The van der Waals surface area contributed by atoms with Crippen molar-refractivity contribution in [3.63, 3.8) is 0 Å². The van der Waals surface area contributed by atoms with Crippen LogP contribution in [0.4, 0.5) is 5.69 Å². The van der Waals surface area contributed by atoms with Gasteiger partial charge in [-0.2, -0.15) is 0 Å². The van der Waals surface area contributed by atoms with Gasteiger partial charge in [0.05, 0.1) is 6.10 Å². The summed E-state index contributed by atoms with van der Waals surface area (Å²) in [6.45, 7) is 8.29. The molecule has 1 aromatic rings. The normalized spacial score (nSPS) is 10.7. The molecule has 100 valence electrons. The van der Waals surface area contributed by atoms with Crippen LogP contribution >= 0.6 is 0 Å². The Morgan fingerprint density at radius 1 is 1.33 bits per heavy atom. The minimum absolute atomic E-state index is 0.117. The van der Waals surface area contributed by atoms with E-state index in [0.717, 1.165) is 17.7 Å². The molecule has 0 aliphatic rings. The van der Waals surface area contributed by atoms with Crippen molar-refractivity contribution >= 4 is 11.6 Å². The largest absolute Gasteiger partial charge is 0.358 e. The lowest BCUT2D eigenvalue weighted by Crippen LogP contribution is -2.34. The van der Waals surface area contributed by atoms with Gasteiger partial charge in [-0.25, -0.2) is 0 Å². The zero-order chi connectivity index (χ0) is 13.5. The molecule has 0 unspecified atom stereocenters. The van der Waals surface area contributed by atoms with Crippen molar-refractivity contribution < 1.29 is 9.53 Å². The lowest BCUT2D eigenvalue weighted by atomic mass is 10.1. The molecule has 0 N–H and O–H groups in total. The molecule has 0 spiro atoms. The summed E-state index contributed by atoms with van der Waals surface area (Å²) in [5.41, 5.74) is 2.03. The van der Waals surface area contributed by atoms with Crippen LogP contribution in [0.25, 0.3) is 0 Å². The molecule has 0 saturated heterocycles. The van der Waals surface area contributed by atoms with Gasteiger partial charge in [-0.15, -0.1) is 0 Å². The third kappa shape index (κ3) is 4.15. The summed E-state index contributed by atoms with van der Waals surface area (Å²) in [6.07, 6.45) is 1.52. The molecule has 1 amide bonds. The Kier molecular flexibility index (Phi) is 5.86. The maximum Gasteiger partial charge on any atom is 0.228 e. The highest BCUT2D eigenvalue weighted by Crippen LogP contribution is 2.20. The summed E-state index contributed by atoms with van der Waals surface area (Å²) in [5, 5.41) is 0. The van der Waals surface area contributed by atoms with E-state index in [0.29, 0.717) is 13.2 Å². The minimum Gasteiger partial charge on any atom is -0.358 e. The van der Waals surface area contributed by atoms with E-state index in [9.17, 15) is 4.79 Å². The van der Waals surface area contributed by atoms with Gasteiger partial charge in [-0.05, 0) is 38.8 Å². The molecule has 1 rings (SSSR count). The van der Waals surface area contributed by atoms with Crippen molar-refractivity contribution in [1.29, 1.82) is 0 Å². The maximum absolute atomic E-state index is 12.2. The van der Waals surface area contributed by atoms with E-state index in [-0.39, 0.29) is 12.0 Å². The fraction of sp³-hybridized carbons (Fsp3) is 0.533. The van der Waals surface area contributed by atoms with E-state index < -0.39 is 0 Å². The van der Waals surface area contributed by atoms with Gasteiger partial charge in [-0.3, -0.25) is 9.69 Å². The number of rotatable bonds is 6. The fourth-order valence-corrected chi connectivity index (χ4v) is 1.71. The van der Waals surface area contributed by atoms with Crippen LogP contribution < -0.4 is 4.90 Å². The molecule has 0 aromatic heterocycles. The first-order chi connectivity index (χ1) is 8.56. The molecule has 0 fully saturated rings. The number of aryl methyl sites for hydroxylation is 1. The van der Waals surface area contributed by atoms with Crippen molar-refractivity contribution in [3.05, 3.63) is 29.8 Å². The summed E-state index contributed by atoms with van der Waals surface area (Å²) >= 11 is 0. The quantitative estimate of drug-likeness (QED) is 0.722. The first-order valence-corrected chi connectivity index (χ1v) is 6.53. The van der Waals surface area contributed by atoms with Crippen LogP contribution in [0.1, 0.15) is 39.2 Å². The Balaban J connectivity index is 2.89. The number of benzene rings is 1. The molecule has 0 radical (unpaired) electrons. The highest BCUT2D eigenvalue weighted by atomic mass is 16.5. The highest BCUT2D eigenvalue weighted by Gasteiger charge is 2.16. The average Bonchev–Trinajstić information content (AvgIpc) is 2.31. The molecular weight excluding hydrogens is 226 g/mol. The van der Waals surface area contributed by atoms with E-state index in [1.54, 1.807) is 4.90 Å². The highest BCUT2D eigenvalue weighted by molar-refractivity contribution is 5.93. The van der Waals surface area contributed by atoms with Gasteiger partial charge in [0.1, 0.15) is 6.73 Å². The van der Waals surface area contributed by atoms with E-state index in [1.807, 2.05) is 52.0 Å². The molecular formula is C15H23NO2. The van der Waals surface area contributed by atoms with Gasteiger partial charge >= 0.3 is 0 Å². The molecule has 0 bridgehead atoms. The Bertz CT molecular complexity index is 388. The second-order valence-electron chi connectivity index (χ2n) is 4.70. The van der Waals surface area contributed by atoms with Crippen molar-refractivity contribution in [1.82, 2.24) is 0 Å². The smallest absolute Gasteiger partial charge is 0.228 e. The average molecular weight is 249 g/mol. The lowest BCUT2D eigenvalue weighted by molar-refractivity contribution is -0.120. The zero-order valence-corrected chi connectivity index (χ0v) is 11.8. The second kappa shape index (κ2) is 7.17. The summed E-state index contributed by atoms with van der Waals surface area (Å²) in [5.74, 6) is 0.118. The molecule has 0 aliphatic carbocycles. The SMILES string of the molecule is CCCC(=O)N(COC(C)C)c1ccccc1C. The minimum atomic E-state index is 0.117. The predicted molar refractivity (Wildman–Crippen MR) is 74.7 cm³/mol. The number of amides is 1. The van der Waals surface area contributed by atoms with Crippen LogP contribution in [0, 0.1) is 6.92 Å². The van der Waals surface area contributed by atoms with E-state index in [1.165, 1.54) is 0 Å². The van der Waals surface area contributed by atoms with Crippen LogP contribution in [-0.4, -0.2) is 18.7 Å². The number of nitrogens with zero attached hydrogens (tertiary/aromatic N) is 1. The van der Waals surface area contributed by atoms with E-state index >= 15 is 0 Å². The van der Waals surface area contributed by atoms with Crippen molar-refractivity contribution in [3.8, 4) is 0 Å². The molecule has 3 nitrogen and oxygen atoms in total. The Morgan fingerprint density at radius 2 is 2.00 bits per heavy atom. The van der Waals surface area contributed by atoms with Gasteiger partial charge in [0.2, 0.25) is 5.91 Å². The number of anilines is 1. The Hall–Kier alpha value is -1.35. The van der Waals surface area contributed by atoms with Crippen molar-refractivity contribution in [2.45, 2.75) is 46.6 Å². The first-order valence-electron chi connectivity index (χ1n) is 6.53. The number of ether oxygens (including phenoxy) is 1. The Morgan fingerprint density at radius 3 is 2.56 bits per heavy atom.